The third kappa shape index (κ3) is 3.48. The van der Waals surface area contributed by atoms with Crippen molar-refractivity contribution in [1.29, 1.82) is 5.26 Å². The number of hydrogen-bond acceptors (Lipinski definition) is 2. The number of nitrogens with zero attached hydrogens (tertiary/aromatic N) is 1. The van der Waals surface area contributed by atoms with Crippen molar-refractivity contribution in [2.24, 2.45) is 0 Å². The van der Waals surface area contributed by atoms with Crippen molar-refractivity contribution in [3.05, 3.63) is 114 Å². The zero-order valence-electron chi connectivity index (χ0n) is 15.7. The lowest BCUT2D eigenvalue weighted by Gasteiger charge is -2.37. The minimum atomic E-state index is -0.484. The second kappa shape index (κ2) is 7.98. The Bertz CT molecular complexity index is 1100. The molecule has 0 saturated heterocycles. The molecular formula is C26H22N2. The maximum absolute atomic E-state index is 9.38. The Hall–Kier alpha value is -3.57. The Morgan fingerprint density at radius 2 is 1.32 bits per heavy atom. The molecule has 28 heavy (non-hydrogen) atoms. The fourth-order valence-electron chi connectivity index (χ4n) is 3.85. The molecule has 2 nitrogen and oxygen atoms in total. The smallest absolute Gasteiger partial charge is 0.0889 e. The maximum Gasteiger partial charge on any atom is 0.0889 e. The number of nitrogens with one attached hydrogen (secondary N) is 1. The molecule has 0 bridgehead atoms. The predicted molar refractivity (Wildman–Crippen MR) is 116 cm³/mol. The second-order valence-corrected chi connectivity index (χ2v) is 6.98. The molecule has 0 spiro atoms. The van der Waals surface area contributed by atoms with Gasteiger partial charge in [0.25, 0.3) is 0 Å². The van der Waals surface area contributed by atoms with E-state index in [2.05, 4.69) is 90.2 Å². The zero-order valence-corrected chi connectivity index (χ0v) is 15.7. The van der Waals surface area contributed by atoms with Crippen LogP contribution in [0, 0.1) is 11.3 Å². The minimum Gasteiger partial charge on any atom is -0.372 e. The van der Waals surface area contributed by atoms with E-state index in [4.69, 9.17) is 0 Å². The number of benzene rings is 4. The van der Waals surface area contributed by atoms with Gasteiger partial charge in [0.1, 0.15) is 0 Å². The molecule has 0 amide bonds. The standard InChI is InChI=1S/C26H22N2/c27-19-9-18-26(23-12-3-1-4-13-23,28-25-14-5-2-6-15-25)24-17-16-21-10-7-8-11-22(21)20-24/h1-8,10-17,20,28H,9,18H2. The summed E-state index contributed by atoms with van der Waals surface area (Å²) in [6.07, 6.45) is 1.14. The van der Waals surface area contributed by atoms with E-state index >= 15 is 0 Å². The van der Waals surface area contributed by atoms with Crippen LogP contribution in [-0.4, -0.2) is 0 Å². The van der Waals surface area contributed by atoms with E-state index in [1.54, 1.807) is 0 Å². The van der Waals surface area contributed by atoms with Gasteiger partial charge < -0.3 is 5.32 Å². The quantitative estimate of drug-likeness (QED) is 0.425. The summed E-state index contributed by atoms with van der Waals surface area (Å²) in [6.45, 7) is 0. The van der Waals surface area contributed by atoms with Gasteiger partial charge in [-0.3, -0.25) is 0 Å². The molecule has 2 heteroatoms. The first kappa shape index (κ1) is 17.8. The van der Waals surface area contributed by atoms with E-state index in [1.807, 2.05) is 24.3 Å². The Kier molecular flexibility index (Phi) is 5.08. The number of para-hydroxylation sites is 1. The third-order valence-electron chi connectivity index (χ3n) is 5.25. The Labute approximate surface area is 166 Å². The normalized spacial score (nSPS) is 12.8. The highest BCUT2D eigenvalue weighted by atomic mass is 15.0. The van der Waals surface area contributed by atoms with Crippen LogP contribution < -0.4 is 5.32 Å². The largest absolute Gasteiger partial charge is 0.372 e. The van der Waals surface area contributed by atoms with E-state index in [1.165, 1.54) is 10.8 Å². The van der Waals surface area contributed by atoms with Gasteiger partial charge in [-0.15, -0.1) is 0 Å². The first-order valence-electron chi connectivity index (χ1n) is 9.57. The van der Waals surface area contributed by atoms with E-state index in [0.29, 0.717) is 12.8 Å². The zero-order chi connectivity index (χ0) is 19.2. The van der Waals surface area contributed by atoms with Gasteiger partial charge >= 0.3 is 0 Å². The lowest BCUT2D eigenvalue weighted by Crippen LogP contribution is -2.36. The summed E-state index contributed by atoms with van der Waals surface area (Å²) < 4.78 is 0. The van der Waals surface area contributed by atoms with Gasteiger partial charge in [0.2, 0.25) is 0 Å². The SMILES string of the molecule is N#CCCC(Nc1ccccc1)(c1ccccc1)c1ccc2ccccc2c1. The summed E-state index contributed by atoms with van der Waals surface area (Å²) in [5.74, 6) is 0. The van der Waals surface area contributed by atoms with Crippen molar-refractivity contribution in [3.63, 3.8) is 0 Å². The lowest BCUT2D eigenvalue weighted by atomic mass is 9.78. The van der Waals surface area contributed by atoms with Crippen LogP contribution in [0.4, 0.5) is 5.69 Å². The highest BCUT2D eigenvalue weighted by molar-refractivity contribution is 5.83. The van der Waals surface area contributed by atoms with Gasteiger partial charge in [-0.2, -0.15) is 5.26 Å². The van der Waals surface area contributed by atoms with Crippen LogP contribution in [-0.2, 0) is 5.54 Å². The molecule has 136 valence electrons. The van der Waals surface area contributed by atoms with Crippen LogP contribution in [0.5, 0.6) is 0 Å². The summed E-state index contributed by atoms with van der Waals surface area (Å²) in [7, 11) is 0. The van der Waals surface area contributed by atoms with Crippen LogP contribution in [0.3, 0.4) is 0 Å². The molecule has 4 aromatic carbocycles. The first-order chi connectivity index (χ1) is 13.8. The van der Waals surface area contributed by atoms with Gasteiger partial charge in [0.15, 0.2) is 0 Å². The van der Waals surface area contributed by atoms with Crippen molar-refractivity contribution < 1.29 is 0 Å². The molecule has 0 saturated carbocycles. The fourth-order valence-corrected chi connectivity index (χ4v) is 3.85. The Morgan fingerprint density at radius 1 is 0.679 bits per heavy atom. The summed E-state index contributed by atoms with van der Waals surface area (Å²) >= 11 is 0. The second-order valence-electron chi connectivity index (χ2n) is 6.98. The van der Waals surface area contributed by atoms with Gasteiger partial charge in [0.05, 0.1) is 11.6 Å². The van der Waals surface area contributed by atoms with Crippen LogP contribution in [0.25, 0.3) is 10.8 Å². The Morgan fingerprint density at radius 3 is 2.04 bits per heavy atom. The van der Waals surface area contributed by atoms with Crippen molar-refractivity contribution in [1.82, 2.24) is 0 Å². The molecule has 1 unspecified atom stereocenters. The van der Waals surface area contributed by atoms with Crippen LogP contribution >= 0.6 is 0 Å². The summed E-state index contributed by atoms with van der Waals surface area (Å²) in [4.78, 5) is 0. The fraction of sp³-hybridized carbons (Fsp3) is 0.115. The highest BCUT2D eigenvalue weighted by Crippen LogP contribution is 2.39. The monoisotopic (exact) mass is 362 g/mol. The third-order valence-corrected chi connectivity index (χ3v) is 5.25. The molecule has 0 fully saturated rings. The number of anilines is 1. The lowest BCUT2D eigenvalue weighted by molar-refractivity contribution is 0.545. The van der Waals surface area contributed by atoms with Crippen molar-refractivity contribution in [2.45, 2.75) is 18.4 Å². The number of fused-ring (bicyclic) bond motifs is 1. The summed E-state index contributed by atoms with van der Waals surface area (Å²) in [6, 6.07) is 38.0. The van der Waals surface area contributed by atoms with Gasteiger partial charge in [-0.25, -0.2) is 0 Å². The van der Waals surface area contributed by atoms with Gasteiger partial charge in [-0.1, -0.05) is 84.9 Å². The molecule has 0 heterocycles. The minimum absolute atomic E-state index is 0.460. The predicted octanol–water partition coefficient (Wildman–Crippen LogP) is 6.50. The van der Waals surface area contributed by atoms with Gasteiger partial charge in [-0.05, 0) is 46.5 Å². The van der Waals surface area contributed by atoms with Crippen LogP contribution in [0.1, 0.15) is 24.0 Å². The summed E-state index contributed by atoms with van der Waals surface area (Å²) in [5, 5.41) is 15.6. The molecule has 1 atom stereocenters. The van der Waals surface area contributed by atoms with Gasteiger partial charge in [0, 0.05) is 12.1 Å². The molecule has 0 aliphatic carbocycles. The van der Waals surface area contributed by atoms with E-state index in [-0.39, 0.29) is 0 Å². The van der Waals surface area contributed by atoms with Crippen LogP contribution in [0.2, 0.25) is 0 Å². The van der Waals surface area contributed by atoms with E-state index in [0.717, 1.165) is 16.8 Å². The van der Waals surface area contributed by atoms with Crippen molar-refractivity contribution in [3.8, 4) is 6.07 Å². The van der Waals surface area contributed by atoms with Crippen molar-refractivity contribution in [2.75, 3.05) is 5.32 Å². The number of rotatable bonds is 6. The maximum atomic E-state index is 9.38. The molecule has 0 aliphatic heterocycles. The molecule has 4 aromatic rings. The average molecular weight is 362 g/mol. The molecule has 0 radical (unpaired) electrons. The topological polar surface area (TPSA) is 35.8 Å². The van der Waals surface area contributed by atoms with Crippen molar-refractivity contribution >= 4 is 16.5 Å². The molecular weight excluding hydrogens is 340 g/mol. The summed E-state index contributed by atoms with van der Waals surface area (Å²) in [5.41, 5.74) is 2.88. The first-order valence-corrected chi connectivity index (χ1v) is 9.57. The van der Waals surface area contributed by atoms with E-state index < -0.39 is 5.54 Å². The average Bonchev–Trinajstić information content (AvgIpc) is 2.77. The highest BCUT2D eigenvalue weighted by Gasteiger charge is 2.34. The molecule has 1 N–H and O–H groups in total. The Balaban J connectivity index is 1.93. The molecule has 0 aliphatic rings. The van der Waals surface area contributed by atoms with E-state index in [9.17, 15) is 5.26 Å². The van der Waals surface area contributed by atoms with Crippen LogP contribution in [0.15, 0.2) is 103 Å². The molecule has 4 rings (SSSR count). The molecule has 0 aromatic heterocycles. The number of nitriles is 1. The number of hydrogen-bond donors (Lipinski definition) is 1.